The van der Waals surface area contributed by atoms with E-state index in [1.165, 1.54) is 11.1 Å². The standard InChI is InChI=1S/C9H13N3/c10-4-3-7-6-12-9-8(7)2-1-5-11-9/h5-6,12H,1-4,10H2. The van der Waals surface area contributed by atoms with E-state index in [2.05, 4.69) is 9.98 Å². The van der Waals surface area contributed by atoms with Crippen LogP contribution in [0.15, 0.2) is 11.2 Å². The van der Waals surface area contributed by atoms with Gasteiger partial charge in [0.15, 0.2) is 0 Å². The molecule has 1 aromatic heterocycles. The minimum absolute atomic E-state index is 0.716. The van der Waals surface area contributed by atoms with Gasteiger partial charge in [-0.3, -0.25) is 0 Å². The fourth-order valence-corrected chi connectivity index (χ4v) is 1.62. The van der Waals surface area contributed by atoms with Crippen molar-refractivity contribution in [1.29, 1.82) is 0 Å². The van der Waals surface area contributed by atoms with Gasteiger partial charge < -0.3 is 10.7 Å². The second-order valence-corrected chi connectivity index (χ2v) is 3.03. The predicted molar refractivity (Wildman–Crippen MR) is 50.0 cm³/mol. The van der Waals surface area contributed by atoms with E-state index in [0.717, 1.165) is 25.1 Å². The van der Waals surface area contributed by atoms with Crippen molar-refractivity contribution in [1.82, 2.24) is 4.98 Å². The molecule has 0 spiro atoms. The number of nitrogens with two attached hydrogens (primary N) is 1. The van der Waals surface area contributed by atoms with Gasteiger partial charge in [-0.05, 0) is 36.9 Å². The molecule has 0 radical (unpaired) electrons. The molecule has 0 saturated carbocycles. The van der Waals surface area contributed by atoms with Gasteiger partial charge in [-0.25, -0.2) is 4.99 Å². The van der Waals surface area contributed by atoms with E-state index in [-0.39, 0.29) is 0 Å². The highest BCUT2D eigenvalue weighted by molar-refractivity contribution is 5.68. The van der Waals surface area contributed by atoms with Crippen molar-refractivity contribution in [3.8, 4) is 0 Å². The topological polar surface area (TPSA) is 54.2 Å². The first-order valence-electron chi connectivity index (χ1n) is 4.33. The van der Waals surface area contributed by atoms with E-state index in [1.54, 1.807) is 0 Å². The molecule has 0 saturated heterocycles. The molecule has 1 aliphatic rings. The Bertz CT molecular complexity index is 299. The maximum atomic E-state index is 5.50. The molecule has 3 nitrogen and oxygen atoms in total. The Balaban J connectivity index is 2.33. The maximum Gasteiger partial charge on any atom is 0.133 e. The normalized spacial score (nSPS) is 14.8. The predicted octanol–water partition coefficient (Wildman–Crippen LogP) is 1.16. The molecular formula is C9H13N3. The molecule has 0 amide bonds. The minimum atomic E-state index is 0.716. The Morgan fingerprint density at radius 3 is 3.33 bits per heavy atom. The summed E-state index contributed by atoms with van der Waals surface area (Å²) >= 11 is 0. The summed E-state index contributed by atoms with van der Waals surface area (Å²) in [5, 5.41) is 0. The molecule has 1 aromatic rings. The summed E-state index contributed by atoms with van der Waals surface area (Å²) in [6.07, 6.45) is 7.12. The average molecular weight is 163 g/mol. The van der Waals surface area contributed by atoms with Gasteiger partial charge in [0, 0.05) is 12.4 Å². The molecule has 0 aliphatic carbocycles. The molecule has 0 atom stereocenters. The zero-order valence-corrected chi connectivity index (χ0v) is 7.01. The van der Waals surface area contributed by atoms with Crippen LogP contribution in [0.1, 0.15) is 17.5 Å². The molecule has 64 valence electrons. The van der Waals surface area contributed by atoms with Crippen molar-refractivity contribution in [2.75, 3.05) is 6.54 Å². The smallest absolute Gasteiger partial charge is 0.133 e. The van der Waals surface area contributed by atoms with Crippen LogP contribution in [-0.4, -0.2) is 17.7 Å². The van der Waals surface area contributed by atoms with Gasteiger partial charge >= 0.3 is 0 Å². The van der Waals surface area contributed by atoms with Gasteiger partial charge in [-0.15, -0.1) is 0 Å². The molecule has 0 bridgehead atoms. The molecular weight excluding hydrogens is 150 g/mol. The van der Waals surface area contributed by atoms with Crippen LogP contribution in [-0.2, 0) is 12.8 Å². The van der Waals surface area contributed by atoms with Gasteiger partial charge in [0.1, 0.15) is 5.82 Å². The summed E-state index contributed by atoms with van der Waals surface area (Å²) in [5.41, 5.74) is 8.20. The summed E-state index contributed by atoms with van der Waals surface area (Å²) in [4.78, 5) is 7.43. The Kier molecular flexibility index (Phi) is 1.96. The maximum absolute atomic E-state index is 5.50. The molecule has 1 aliphatic heterocycles. The van der Waals surface area contributed by atoms with Crippen molar-refractivity contribution in [3.63, 3.8) is 0 Å². The zero-order valence-electron chi connectivity index (χ0n) is 7.01. The van der Waals surface area contributed by atoms with Crippen LogP contribution in [0, 0.1) is 0 Å². The fourth-order valence-electron chi connectivity index (χ4n) is 1.62. The highest BCUT2D eigenvalue weighted by Gasteiger charge is 2.11. The highest BCUT2D eigenvalue weighted by Crippen LogP contribution is 2.25. The highest BCUT2D eigenvalue weighted by atomic mass is 14.9. The first-order chi connectivity index (χ1) is 5.92. The molecule has 0 aromatic carbocycles. The van der Waals surface area contributed by atoms with Crippen molar-refractivity contribution < 1.29 is 0 Å². The van der Waals surface area contributed by atoms with Crippen molar-refractivity contribution in [2.24, 2.45) is 10.7 Å². The van der Waals surface area contributed by atoms with Gasteiger partial charge in [-0.2, -0.15) is 0 Å². The first kappa shape index (κ1) is 7.55. The Labute approximate surface area is 71.7 Å². The van der Waals surface area contributed by atoms with Crippen LogP contribution in [0.25, 0.3) is 0 Å². The number of hydrogen-bond donors (Lipinski definition) is 2. The van der Waals surface area contributed by atoms with E-state index in [1.807, 2.05) is 12.4 Å². The lowest BCUT2D eigenvalue weighted by atomic mass is 10.0. The number of nitrogens with one attached hydrogen (secondary N) is 1. The number of rotatable bonds is 2. The monoisotopic (exact) mass is 163 g/mol. The van der Waals surface area contributed by atoms with E-state index in [0.29, 0.717) is 6.54 Å². The van der Waals surface area contributed by atoms with Crippen LogP contribution < -0.4 is 5.73 Å². The summed E-state index contributed by atoms with van der Waals surface area (Å²) in [6.45, 7) is 0.716. The molecule has 3 heteroatoms. The summed E-state index contributed by atoms with van der Waals surface area (Å²) in [7, 11) is 0. The second kappa shape index (κ2) is 3.11. The van der Waals surface area contributed by atoms with E-state index in [4.69, 9.17) is 5.73 Å². The van der Waals surface area contributed by atoms with Crippen molar-refractivity contribution in [3.05, 3.63) is 17.3 Å². The molecule has 2 heterocycles. The zero-order chi connectivity index (χ0) is 8.39. The van der Waals surface area contributed by atoms with Gasteiger partial charge in [0.05, 0.1) is 0 Å². The number of aliphatic imine (C=N–C) groups is 1. The number of aromatic amines is 1. The molecule has 2 rings (SSSR count). The number of aromatic nitrogens is 1. The third-order valence-corrected chi connectivity index (χ3v) is 2.21. The Morgan fingerprint density at radius 1 is 1.58 bits per heavy atom. The summed E-state index contributed by atoms with van der Waals surface area (Å²) in [6, 6.07) is 0. The summed E-state index contributed by atoms with van der Waals surface area (Å²) < 4.78 is 0. The number of fused-ring (bicyclic) bond motifs is 1. The van der Waals surface area contributed by atoms with Crippen LogP contribution in [0.2, 0.25) is 0 Å². The van der Waals surface area contributed by atoms with Gasteiger partial charge in [-0.1, -0.05) is 0 Å². The molecule has 3 N–H and O–H groups in total. The first-order valence-corrected chi connectivity index (χ1v) is 4.33. The number of nitrogens with zero attached hydrogens (tertiary/aromatic N) is 1. The average Bonchev–Trinajstić information content (AvgIpc) is 2.50. The molecule has 0 fully saturated rings. The van der Waals surface area contributed by atoms with Crippen LogP contribution in [0.4, 0.5) is 5.82 Å². The minimum Gasteiger partial charge on any atom is -0.346 e. The Hall–Kier alpha value is -1.09. The van der Waals surface area contributed by atoms with Crippen LogP contribution >= 0.6 is 0 Å². The lowest BCUT2D eigenvalue weighted by Crippen LogP contribution is -2.04. The van der Waals surface area contributed by atoms with Gasteiger partial charge in [0.2, 0.25) is 0 Å². The lowest BCUT2D eigenvalue weighted by molar-refractivity contribution is 0.931. The van der Waals surface area contributed by atoms with Gasteiger partial charge in [0.25, 0.3) is 0 Å². The number of hydrogen-bond acceptors (Lipinski definition) is 2. The van der Waals surface area contributed by atoms with E-state index < -0.39 is 0 Å². The fraction of sp³-hybridized carbons (Fsp3) is 0.444. The van der Waals surface area contributed by atoms with E-state index >= 15 is 0 Å². The lowest BCUT2D eigenvalue weighted by Gasteiger charge is -2.05. The van der Waals surface area contributed by atoms with Crippen LogP contribution in [0.5, 0.6) is 0 Å². The third-order valence-electron chi connectivity index (χ3n) is 2.21. The van der Waals surface area contributed by atoms with Crippen molar-refractivity contribution in [2.45, 2.75) is 19.3 Å². The summed E-state index contributed by atoms with van der Waals surface area (Å²) in [5.74, 6) is 1.03. The quantitative estimate of drug-likeness (QED) is 0.675. The third kappa shape index (κ3) is 1.16. The van der Waals surface area contributed by atoms with Crippen molar-refractivity contribution >= 4 is 12.0 Å². The second-order valence-electron chi connectivity index (χ2n) is 3.03. The SMILES string of the molecule is NCCc1c[nH]c2c1CCC=N2. The van der Waals surface area contributed by atoms with Crippen LogP contribution in [0.3, 0.4) is 0 Å². The molecule has 0 unspecified atom stereocenters. The van der Waals surface area contributed by atoms with E-state index in [9.17, 15) is 0 Å². The number of H-pyrrole nitrogens is 1. The largest absolute Gasteiger partial charge is 0.346 e. The Morgan fingerprint density at radius 2 is 2.50 bits per heavy atom. The molecule has 12 heavy (non-hydrogen) atoms.